The van der Waals surface area contributed by atoms with Gasteiger partial charge in [0.2, 0.25) is 5.88 Å². The van der Waals surface area contributed by atoms with Gasteiger partial charge in [-0.1, -0.05) is 0 Å². The Morgan fingerprint density at radius 1 is 1.09 bits per heavy atom. The average molecular weight is 434 g/mol. The molecule has 0 unspecified atom stereocenters. The number of nitrogens with zero attached hydrogens (tertiary/aromatic N) is 4. The predicted molar refractivity (Wildman–Crippen MR) is 117 cm³/mol. The molecule has 0 saturated carbocycles. The van der Waals surface area contributed by atoms with Gasteiger partial charge in [0.25, 0.3) is 5.88 Å². The van der Waals surface area contributed by atoms with E-state index in [9.17, 15) is 9.90 Å². The molecule has 0 aliphatic heterocycles. The van der Waals surface area contributed by atoms with Crippen LogP contribution in [-0.2, 0) is 16.0 Å². The SMILES string of the molecule is COC(=O)Cc1cncc(-n2cc3nc(-c4cnc(OC)c(OC)c4)cc(C)c3c2O)c1. The summed E-state index contributed by atoms with van der Waals surface area (Å²) in [4.78, 5) is 24.8. The molecule has 4 aromatic rings. The van der Waals surface area contributed by atoms with E-state index in [0.717, 1.165) is 11.1 Å². The van der Waals surface area contributed by atoms with Gasteiger partial charge in [0.05, 0.1) is 56.2 Å². The minimum Gasteiger partial charge on any atom is -0.494 e. The van der Waals surface area contributed by atoms with Gasteiger partial charge in [0, 0.05) is 24.2 Å². The number of carbonyl (C=O) groups excluding carboxylic acids is 1. The van der Waals surface area contributed by atoms with E-state index >= 15 is 0 Å². The molecule has 0 aliphatic carbocycles. The van der Waals surface area contributed by atoms with Crippen LogP contribution in [0.25, 0.3) is 27.8 Å². The standard InChI is InChI=1S/C23H22N4O5/c1-13-5-17(15-8-19(30-2)22(32-4)25-10-15)26-18-12-27(23(29)21(13)18)16-6-14(9-24-11-16)7-20(28)31-3/h5-6,8-12,29H,7H2,1-4H3. The van der Waals surface area contributed by atoms with E-state index in [-0.39, 0.29) is 18.3 Å². The summed E-state index contributed by atoms with van der Waals surface area (Å²) in [6.45, 7) is 1.90. The molecule has 0 amide bonds. The molecule has 0 aromatic carbocycles. The Balaban J connectivity index is 1.79. The zero-order valence-electron chi connectivity index (χ0n) is 18.1. The first-order valence-electron chi connectivity index (χ1n) is 9.76. The first-order chi connectivity index (χ1) is 15.4. The van der Waals surface area contributed by atoms with Crippen molar-refractivity contribution in [3.05, 3.63) is 54.1 Å². The van der Waals surface area contributed by atoms with Crippen molar-refractivity contribution in [1.82, 2.24) is 19.5 Å². The van der Waals surface area contributed by atoms with Gasteiger partial charge in [-0.15, -0.1) is 0 Å². The number of carbonyl (C=O) groups is 1. The zero-order valence-corrected chi connectivity index (χ0v) is 18.1. The number of aromatic nitrogens is 4. The molecule has 9 nitrogen and oxygen atoms in total. The number of hydrogen-bond donors (Lipinski definition) is 1. The summed E-state index contributed by atoms with van der Waals surface area (Å²) in [6, 6.07) is 5.45. The Morgan fingerprint density at radius 2 is 1.91 bits per heavy atom. The van der Waals surface area contributed by atoms with Crippen LogP contribution in [0, 0.1) is 6.92 Å². The lowest BCUT2D eigenvalue weighted by Crippen LogP contribution is -2.05. The molecule has 164 valence electrons. The van der Waals surface area contributed by atoms with Crippen molar-refractivity contribution >= 4 is 16.9 Å². The van der Waals surface area contributed by atoms with Crippen LogP contribution in [-0.4, -0.2) is 51.9 Å². The van der Waals surface area contributed by atoms with Gasteiger partial charge in [-0.2, -0.15) is 0 Å². The molecular formula is C23H22N4O5. The second kappa shape index (κ2) is 8.54. The van der Waals surface area contributed by atoms with Crippen LogP contribution in [0.15, 0.2) is 43.0 Å². The number of aryl methyl sites for hydroxylation is 1. The van der Waals surface area contributed by atoms with Crippen LogP contribution in [0.5, 0.6) is 17.5 Å². The number of hydrogen-bond acceptors (Lipinski definition) is 8. The van der Waals surface area contributed by atoms with E-state index in [0.29, 0.717) is 39.5 Å². The summed E-state index contributed by atoms with van der Waals surface area (Å²) in [5.41, 5.74) is 4.16. The fourth-order valence-electron chi connectivity index (χ4n) is 3.54. The first kappa shape index (κ1) is 21.1. The molecule has 0 atom stereocenters. The maximum Gasteiger partial charge on any atom is 0.310 e. The highest BCUT2D eigenvalue weighted by Gasteiger charge is 2.17. The maximum absolute atomic E-state index is 11.6. The van der Waals surface area contributed by atoms with Crippen LogP contribution in [0.2, 0.25) is 0 Å². The fourth-order valence-corrected chi connectivity index (χ4v) is 3.54. The predicted octanol–water partition coefficient (Wildman–Crippen LogP) is 3.23. The quantitative estimate of drug-likeness (QED) is 0.461. The van der Waals surface area contributed by atoms with Crippen LogP contribution in [0.1, 0.15) is 11.1 Å². The lowest BCUT2D eigenvalue weighted by Gasteiger charge is -2.09. The van der Waals surface area contributed by atoms with Crippen LogP contribution >= 0.6 is 0 Å². The van der Waals surface area contributed by atoms with Gasteiger partial charge < -0.3 is 19.3 Å². The summed E-state index contributed by atoms with van der Waals surface area (Å²) in [5.74, 6) is 0.561. The number of aromatic hydroxyl groups is 1. The first-order valence-corrected chi connectivity index (χ1v) is 9.76. The zero-order chi connectivity index (χ0) is 22.8. The van der Waals surface area contributed by atoms with Crippen molar-refractivity contribution < 1.29 is 24.1 Å². The monoisotopic (exact) mass is 434 g/mol. The summed E-state index contributed by atoms with van der Waals surface area (Å²) >= 11 is 0. The largest absolute Gasteiger partial charge is 0.494 e. The summed E-state index contributed by atoms with van der Waals surface area (Å²) in [5, 5.41) is 11.5. The molecule has 0 fully saturated rings. The Kier molecular flexibility index (Phi) is 5.63. The Bertz CT molecular complexity index is 1320. The summed E-state index contributed by atoms with van der Waals surface area (Å²) < 4.78 is 16.9. The van der Waals surface area contributed by atoms with Crippen molar-refractivity contribution in [2.24, 2.45) is 0 Å². The smallest absolute Gasteiger partial charge is 0.310 e. The minimum atomic E-state index is -0.364. The van der Waals surface area contributed by atoms with Crippen molar-refractivity contribution in [2.45, 2.75) is 13.3 Å². The number of pyridine rings is 3. The van der Waals surface area contributed by atoms with Crippen molar-refractivity contribution in [3.8, 4) is 34.5 Å². The molecule has 9 heteroatoms. The minimum absolute atomic E-state index is 0.0407. The highest BCUT2D eigenvalue weighted by molar-refractivity contribution is 5.90. The van der Waals surface area contributed by atoms with Gasteiger partial charge in [0.1, 0.15) is 0 Å². The Labute approximate surface area is 184 Å². The number of methoxy groups -OCH3 is 3. The maximum atomic E-state index is 11.6. The topological polar surface area (TPSA) is 109 Å². The highest BCUT2D eigenvalue weighted by atomic mass is 16.5. The molecule has 0 bridgehead atoms. The van der Waals surface area contributed by atoms with E-state index in [1.807, 2.05) is 13.0 Å². The van der Waals surface area contributed by atoms with Gasteiger partial charge in [-0.3, -0.25) is 14.3 Å². The average Bonchev–Trinajstić information content (AvgIpc) is 3.15. The van der Waals surface area contributed by atoms with Crippen LogP contribution < -0.4 is 9.47 Å². The summed E-state index contributed by atoms with van der Waals surface area (Å²) in [6.07, 6.45) is 6.67. The van der Waals surface area contributed by atoms with E-state index < -0.39 is 0 Å². The lowest BCUT2D eigenvalue weighted by atomic mass is 10.1. The third-order valence-electron chi connectivity index (χ3n) is 5.11. The Morgan fingerprint density at radius 3 is 2.62 bits per heavy atom. The number of ether oxygens (including phenoxy) is 3. The van der Waals surface area contributed by atoms with E-state index in [2.05, 4.69) is 9.97 Å². The molecule has 4 heterocycles. The second-order valence-corrected chi connectivity index (χ2v) is 7.15. The molecular weight excluding hydrogens is 412 g/mol. The third-order valence-corrected chi connectivity index (χ3v) is 5.11. The molecule has 32 heavy (non-hydrogen) atoms. The van der Waals surface area contributed by atoms with Gasteiger partial charge in [0.15, 0.2) is 5.75 Å². The van der Waals surface area contributed by atoms with E-state index in [1.165, 1.54) is 14.2 Å². The van der Waals surface area contributed by atoms with Crippen molar-refractivity contribution in [2.75, 3.05) is 21.3 Å². The molecule has 1 N–H and O–H groups in total. The Hall–Kier alpha value is -4.14. The third kappa shape index (κ3) is 3.80. The second-order valence-electron chi connectivity index (χ2n) is 7.15. The highest BCUT2D eigenvalue weighted by Crippen LogP contribution is 2.35. The number of esters is 1. The summed E-state index contributed by atoms with van der Waals surface area (Å²) in [7, 11) is 4.41. The molecule has 4 rings (SSSR count). The fraction of sp³-hybridized carbons (Fsp3) is 0.217. The van der Waals surface area contributed by atoms with Crippen molar-refractivity contribution in [3.63, 3.8) is 0 Å². The van der Waals surface area contributed by atoms with Gasteiger partial charge >= 0.3 is 5.97 Å². The lowest BCUT2D eigenvalue weighted by molar-refractivity contribution is -0.139. The van der Waals surface area contributed by atoms with Crippen LogP contribution in [0.3, 0.4) is 0 Å². The number of rotatable bonds is 6. The van der Waals surface area contributed by atoms with E-state index in [4.69, 9.17) is 19.2 Å². The molecule has 0 spiro atoms. The van der Waals surface area contributed by atoms with Gasteiger partial charge in [-0.25, -0.2) is 9.97 Å². The normalized spacial score (nSPS) is 10.9. The molecule has 0 aliphatic rings. The van der Waals surface area contributed by atoms with E-state index in [1.54, 1.807) is 48.6 Å². The molecule has 0 radical (unpaired) electrons. The van der Waals surface area contributed by atoms with Gasteiger partial charge in [-0.05, 0) is 36.2 Å². The number of fused-ring (bicyclic) bond motifs is 1. The molecule has 0 saturated heterocycles. The van der Waals surface area contributed by atoms with Crippen LogP contribution in [0.4, 0.5) is 0 Å². The van der Waals surface area contributed by atoms with Crippen molar-refractivity contribution in [1.29, 1.82) is 0 Å². The molecule has 4 aromatic heterocycles.